The third-order valence-corrected chi connectivity index (χ3v) is 3.55. The van der Waals surface area contributed by atoms with Gasteiger partial charge in [-0.15, -0.1) is 0 Å². The van der Waals surface area contributed by atoms with Crippen molar-refractivity contribution in [1.82, 2.24) is 4.90 Å². The minimum absolute atomic E-state index is 0.165. The Morgan fingerprint density at radius 3 is 2.04 bits per heavy atom. The van der Waals surface area contributed by atoms with Crippen molar-refractivity contribution in [3.63, 3.8) is 0 Å². The Labute approximate surface area is 133 Å². The molecule has 124 valence electrons. The number of likely N-dealkylation sites (N-methyl/N-ethyl adjacent to an activating group) is 1. The van der Waals surface area contributed by atoms with E-state index in [1.165, 1.54) is 24.1 Å². The molecule has 0 saturated carbocycles. The lowest BCUT2D eigenvalue weighted by Crippen LogP contribution is -2.48. The van der Waals surface area contributed by atoms with Gasteiger partial charge >= 0.3 is 19.1 Å². The van der Waals surface area contributed by atoms with Gasteiger partial charge in [-0.05, 0) is 26.5 Å². The Kier molecular flexibility index (Phi) is 5.04. The molecule has 1 fully saturated rings. The van der Waals surface area contributed by atoms with Crippen LogP contribution in [0.3, 0.4) is 0 Å². The fraction of sp³-hybridized carbons (Fsp3) is 0.467. The number of aryl methyl sites for hydroxylation is 1. The highest BCUT2D eigenvalue weighted by Crippen LogP contribution is 2.36. The van der Waals surface area contributed by atoms with Gasteiger partial charge in [0, 0.05) is 0 Å². The number of nitrogens with zero attached hydrogens (tertiary/aromatic N) is 1. The first-order valence-corrected chi connectivity index (χ1v) is 7.18. The molecule has 1 aliphatic rings. The molecule has 2 rings (SSSR count). The molecule has 0 spiro atoms. The molecule has 1 aromatic rings. The van der Waals surface area contributed by atoms with Crippen LogP contribution in [0.4, 0.5) is 8.78 Å². The van der Waals surface area contributed by atoms with E-state index in [1.807, 2.05) is 6.92 Å². The number of carbonyl (C=O) groups excluding carboxylic acids is 2. The lowest BCUT2D eigenvalue weighted by Gasteiger charge is -2.30. The molecule has 1 aliphatic heterocycles. The van der Waals surface area contributed by atoms with Crippen LogP contribution in [0.2, 0.25) is 0 Å². The molecule has 0 aliphatic carbocycles. The van der Waals surface area contributed by atoms with Crippen LogP contribution < -0.4 is 0 Å². The van der Waals surface area contributed by atoms with Crippen LogP contribution in [0.15, 0.2) is 24.3 Å². The molecule has 0 amide bonds. The topological polar surface area (TPSA) is 55.8 Å². The Morgan fingerprint density at radius 1 is 1.13 bits per heavy atom. The maximum atomic E-state index is 14.1. The summed E-state index contributed by atoms with van der Waals surface area (Å²) >= 11 is 0. The summed E-state index contributed by atoms with van der Waals surface area (Å²) in [5.41, 5.74) is 1.14. The maximum absolute atomic E-state index is 14.1. The van der Waals surface area contributed by atoms with Gasteiger partial charge in [0.15, 0.2) is 0 Å². The Hall–Kier alpha value is -1.96. The van der Waals surface area contributed by atoms with Crippen LogP contribution in [0.25, 0.3) is 0 Å². The zero-order chi connectivity index (χ0) is 17.2. The smallest absolute Gasteiger partial charge is 0.498 e. The molecule has 1 atom stereocenters. The SMILES string of the molecule is Cc1ccc(C(B2OC(=O)CN(C)CC(=O)O2)C(C)(F)F)cc1. The van der Waals surface area contributed by atoms with Gasteiger partial charge in [-0.25, -0.2) is 8.78 Å². The Bertz CT molecular complexity index is 568. The van der Waals surface area contributed by atoms with E-state index >= 15 is 0 Å². The highest BCUT2D eigenvalue weighted by molar-refractivity contribution is 6.51. The van der Waals surface area contributed by atoms with E-state index in [0.29, 0.717) is 6.92 Å². The number of carbonyl (C=O) groups is 2. The van der Waals surface area contributed by atoms with E-state index in [0.717, 1.165) is 5.56 Å². The van der Waals surface area contributed by atoms with Gasteiger partial charge in [-0.2, -0.15) is 0 Å². The minimum Gasteiger partial charge on any atom is -0.498 e. The monoisotopic (exact) mass is 325 g/mol. The number of hydrogen-bond donors (Lipinski definition) is 0. The lowest BCUT2D eigenvalue weighted by atomic mass is 9.64. The van der Waals surface area contributed by atoms with Gasteiger partial charge in [0.05, 0.1) is 13.1 Å². The van der Waals surface area contributed by atoms with Crippen molar-refractivity contribution in [2.24, 2.45) is 0 Å². The molecule has 1 aromatic carbocycles. The van der Waals surface area contributed by atoms with Crippen LogP contribution in [-0.4, -0.2) is 50.0 Å². The van der Waals surface area contributed by atoms with E-state index in [-0.39, 0.29) is 18.7 Å². The summed E-state index contributed by atoms with van der Waals surface area (Å²) in [6, 6.07) is 6.39. The maximum Gasteiger partial charge on any atom is 0.612 e. The van der Waals surface area contributed by atoms with Crippen molar-refractivity contribution in [1.29, 1.82) is 0 Å². The van der Waals surface area contributed by atoms with Crippen molar-refractivity contribution in [3.05, 3.63) is 35.4 Å². The molecular formula is C15H18BF2NO4. The summed E-state index contributed by atoms with van der Waals surface area (Å²) in [6.07, 6.45) is 0. The summed E-state index contributed by atoms with van der Waals surface area (Å²) < 4.78 is 38.3. The molecule has 1 saturated heterocycles. The third-order valence-electron chi connectivity index (χ3n) is 3.55. The molecular weight excluding hydrogens is 307 g/mol. The van der Waals surface area contributed by atoms with Gasteiger partial charge in [0.2, 0.25) is 0 Å². The number of alkyl halides is 2. The quantitative estimate of drug-likeness (QED) is 0.793. The predicted octanol–water partition coefficient (Wildman–Crippen LogP) is 1.79. The van der Waals surface area contributed by atoms with Gasteiger partial charge in [0.1, 0.15) is 5.82 Å². The average Bonchev–Trinajstić information content (AvgIpc) is 2.37. The fourth-order valence-corrected chi connectivity index (χ4v) is 2.45. The number of benzene rings is 1. The van der Waals surface area contributed by atoms with Crippen LogP contribution in [-0.2, 0) is 18.9 Å². The predicted molar refractivity (Wildman–Crippen MR) is 80.0 cm³/mol. The minimum atomic E-state index is -3.24. The second-order valence-electron chi connectivity index (χ2n) is 5.87. The second kappa shape index (κ2) is 6.66. The van der Waals surface area contributed by atoms with Crippen LogP contribution in [0, 0.1) is 6.92 Å². The summed E-state index contributed by atoms with van der Waals surface area (Å²) in [5.74, 6) is -6.25. The molecule has 1 heterocycles. The van der Waals surface area contributed by atoms with Crippen LogP contribution in [0.5, 0.6) is 0 Å². The van der Waals surface area contributed by atoms with Crippen molar-refractivity contribution >= 4 is 19.1 Å². The van der Waals surface area contributed by atoms with Gasteiger partial charge in [-0.3, -0.25) is 14.5 Å². The van der Waals surface area contributed by atoms with E-state index < -0.39 is 30.8 Å². The molecule has 5 nitrogen and oxygen atoms in total. The molecule has 1 unspecified atom stereocenters. The van der Waals surface area contributed by atoms with Crippen LogP contribution >= 0.6 is 0 Å². The van der Waals surface area contributed by atoms with E-state index in [4.69, 9.17) is 9.31 Å². The molecule has 23 heavy (non-hydrogen) atoms. The third kappa shape index (κ3) is 4.51. The van der Waals surface area contributed by atoms with Crippen molar-refractivity contribution < 1.29 is 27.7 Å². The lowest BCUT2D eigenvalue weighted by molar-refractivity contribution is -0.146. The van der Waals surface area contributed by atoms with E-state index in [2.05, 4.69) is 0 Å². The number of rotatable bonds is 3. The highest BCUT2D eigenvalue weighted by Gasteiger charge is 2.51. The molecule has 0 N–H and O–H groups in total. The average molecular weight is 325 g/mol. The first-order chi connectivity index (χ1) is 10.7. The van der Waals surface area contributed by atoms with Crippen molar-refractivity contribution in [2.45, 2.75) is 25.6 Å². The number of halogens is 2. The number of hydrogen-bond acceptors (Lipinski definition) is 5. The van der Waals surface area contributed by atoms with Gasteiger partial charge in [0.25, 0.3) is 5.92 Å². The molecule has 0 bridgehead atoms. The largest absolute Gasteiger partial charge is 0.612 e. The van der Waals surface area contributed by atoms with Gasteiger partial charge < -0.3 is 9.31 Å². The van der Waals surface area contributed by atoms with E-state index in [9.17, 15) is 18.4 Å². The van der Waals surface area contributed by atoms with Crippen molar-refractivity contribution in [2.75, 3.05) is 20.1 Å². The molecule has 8 heteroatoms. The summed E-state index contributed by atoms with van der Waals surface area (Å²) in [5, 5.41) is 0. The van der Waals surface area contributed by atoms with E-state index in [1.54, 1.807) is 12.1 Å². The zero-order valence-electron chi connectivity index (χ0n) is 13.2. The first kappa shape index (κ1) is 17.4. The standard InChI is InChI=1S/C15H18BF2NO4/c1-10-4-6-11(7-5-10)14(15(2,17)18)16-22-12(20)8-19(3)9-13(21)23-16/h4-7,14H,8-9H2,1-3H3. The molecule has 0 aromatic heterocycles. The van der Waals surface area contributed by atoms with Crippen LogP contribution in [0.1, 0.15) is 23.9 Å². The highest BCUT2D eigenvalue weighted by atomic mass is 19.3. The summed E-state index contributed by atoms with van der Waals surface area (Å²) in [6.45, 7) is 2.21. The summed E-state index contributed by atoms with van der Waals surface area (Å²) in [7, 11) is -0.124. The Morgan fingerprint density at radius 2 is 1.61 bits per heavy atom. The second-order valence-corrected chi connectivity index (χ2v) is 5.87. The summed E-state index contributed by atoms with van der Waals surface area (Å²) in [4.78, 5) is 25.0. The zero-order valence-corrected chi connectivity index (χ0v) is 13.2. The van der Waals surface area contributed by atoms with Crippen molar-refractivity contribution in [3.8, 4) is 0 Å². The normalized spacial score (nSPS) is 18.7. The van der Waals surface area contributed by atoms with Gasteiger partial charge in [-0.1, -0.05) is 29.8 Å². The first-order valence-electron chi connectivity index (χ1n) is 7.18. The molecule has 0 radical (unpaired) electrons. The Balaban J connectivity index is 2.35. The fourth-order valence-electron chi connectivity index (χ4n) is 2.45.